The first-order valence-electron chi connectivity index (χ1n) is 6.36. The van der Waals surface area contributed by atoms with Gasteiger partial charge in [-0.3, -0.25) is 0 Å². The molecule has 0 atom stereocenters. The van der Waals surface area contributed by atoms with E-state index in [1.807, 2.05) is 19.2 Å². The van der Waals surface area contributed by atoms with Crippen molar-refractivity contribution in [2.75, 3.05) is 18.5 Å². The summed E-state index contributed by atoms with van der Waals surface area (Å²) < 4.78 is 0. The average Bonchev–Trinajstić information content (AvgIpc) is 2.34. The molecule has 0 radical (unpaired) electrons. The molecule has 0 heterocycles. The van der Waals surface area contributed by atoms with Crippen LogP contribution in [0.3, 0.4) is 0 Å². The predicted octanol–water partition coefficient (Wildman–Crippen LogP) is 2.90. The lowest BCUT2D eigenvalue weighted by molar-refractivity contribution is 0.424. The third-order valence-electron chi connectivity index (χ3n) is 2.89. The lowest BCUT2D eigenvalue weighted by atomic mass is 10.1. The minimum atomic E-state index is 0.0890. The highest BCUT2D eigenvalue weighted by molar-refractivity contribution is 5.60. The van der Waals surface area contributed by atoms with Crippen molar-refractivity contribution in [1.29, 1.82) is 5.26 Å². The van der Waals surface area contributed by atoms with Gasteiger partial charge in [0.15, 0.2) is 0 Å². The second kappa shape index (κ2) is 5.88. The average molecular weight is 245 g/mol. The Kier molecular flexibility index (Phi) is 4.75. The van der Waals surface area contributed by atoms with Crippen LogP contribution in [0.15, 0.2) is 18.2 Å². The van der Waals surface area contributed by atoms with Crippen molar-refractivity contribution in [1.82, 2.24) is 5.32 Å². The molecule has 1 aromatic rings. The van der Waals surface area contributed by atoms with E-state index in [4.69, 9.17) is 0 Å². The van der Waals surface area contributed by atoms with Gasteiger partial charge in [0.1, 0.15) is 6.07 Å². The number of anilines is 1. The van der Waals surface area contributed by atoms with Gasteiger partial charge in [0.25, 0.3) is 0 Å². The fourth-order valence-corrected chi connectivity index (χ4v) is 1.65. The van der Waals surface area contributed by atoms with Crippen LogP contribution in [0.1, 0.15) is 38.8 Å². The third-order valence-corrected chi connectivity index (χ3v) is 2.89. The van der Waals surface area contributed by atoms with E-state index in [9.17, 15) is 5.26 Å². The van der Waals surface area contributed by atoms with Crippen LogP contribution in [0.5, 0.6) is 0 Å². The van der Waals surface area contributed by atoms with Gasteiger partial charge >= 0.3 is 0 Å². The molecule has 0 aliphatic carbocycles. The molecular formula is C15H23N3. The van der Waals surface area contributed by atoms with Gasteiger partial charge in [0, 0.05) is 25.7 Å². The maximum Gasteiger partial charge on any atom is 0.101 e. The molecule has 0 saturated carbocycles. The number of nitriles is 1. The third kappa shape index (κ3) is 4.05. The highest BCUT2D eigenvalue weighted by Crippen LogP contribution is 2.20. The van der Waals surface area contributed by atoms with E-state index in [0.29, 0.717) is 0 Å². The normalized spacial score (nSPS) is 11.1. The minimum absolute atomic E-state index is 0.0890. The molecule has 0 saturated heterocycles. The first kappa shape index (κ1) is 14.5. The quantitative estimate of drug-likeness (QED) is 0.886. The molecule has 0 amide bonds. The zero-order valence-electron chi connectivity index (χ0n) is 12.0. The van der Waals surface area contributed by atoms with Crippen LogP contribution in [0.4, 0.5) is 5.69 Å². The van der Waals surface area contributed by atoms with Gasteiger partial charge in [-0.1, -0.05) is 6.07 Å². The van der Waals surface area contributed by atoms with Crippen LogP contribution in [0.25, 0.3) is 0 Å². The molecule has 0 unspecified atom stereocenters. The van der Waals surface area contributed by atoms with E-state index in [1.165, 1.54) is 0 Å². The van der Waals surface area contributed by atoms with Crippen LogP contribution in [0.2, 0.25) is 0 Å². The molecule has 0 fully saturated rings. The summed E-state index contributed by atoms with van der Waals surface area (Å²) in [4.78, 5) is 2.08. The fourth-order valence-electron chi connectivity index (χ4n) is 1.65. The molecule has 1 N–H and O–H groups in total. The summed E-state index contributed by atoms with van der Waals surface area (Å²) in [5, 5.41) is 12.6. The summed E-state index contributed by atoms with van der Waals surface area (Å²) in [5.74, 6) is 0. The molecule has 98 valence electrons. The van der Waals surface area contributed by atoms with E-state index in [1.54, 1.807) is 0 Å². The molecule has 0 bridgehead atoms. The van der Waals surface area contributed by atoms with Gasteiger partial charge in [0.2, 0.25) is 0 Å². The molecule has 0 aliphatic heterocycles. The Morgan fingerprint density at radius 1 is 1.33 bits per heavy atom. The molecule has 1 rings (SSSR count). The van der Waals surface area contributed by atoms with E-state index in [-0.39, 0.29) is 5.54 Å². The van der Waals surface area contributed by atoms with Crippen molar-refractivity contribution in [3.8, 4) is 6.07 Å². The van der Waals surface area contributed by atoms with E-state index in [0.717, 1.165) is 29.9 Å². The highest BCUT2D eigenvalue weighted by atomic mass is 15.1. The topological polar surface area (TPSA) is 39.1 Å². The van der Waals surface area contributed by atoms with Gasteiger partial charge in [0.05, 0.1) is 11.3 Å². The van der Waals surface area contributed by atoms with Crippen LogP contribution in [-0.2, 0) is 6.54 Å². The molecule has 0 aromatic heterocycles. The maximum absolute atomic E-state index is 9.22. The number of hydrogen-bond donors (Lipinski definition) is 1. The number of benzene rings is 1. The van der Waals surface area contributed by atoms with Crippen molar-refractivity contribution < 1.29 is 0 Å². The molecule has 0 aliphatic rings. The van der Waals surface area contributed by atoms with Crippen molar-refractivity contribution in [2.45, 2.75) is 39.8 Å². The van der Waals surface area contributed by atoms with E-state index >= 15 is 0 Å². The Morgan fingerprint density at radius 3 is 2.50 bits per heavy atom. The molecule has 0 spiro atoms. The maximum atomic E-state index is 9.22. The Morgan fingerprint density at radius 2 is 2.00 bits per heavy atom. The Bertz CT molecular complexity index is 438. The molecule has 3 nitrogen and oxygen atoms in total. The van der Waals surface area contributed by atoms with Crippen molar-refractivity contribution >= 4 is 5.69 Å². The lowest BCUT2D eigenvalue weighted by Crippen LogP contribution is -2.35. The molecule has 18 heavy (non-hydrogen) atoms. The standard InChI is InChI=1S/C15H23N3/c1-6-18(5)14-8-7-12(9-13(14)10-16)11-17-15(2,3)4/h7-9,17H,6,11H2,1-5H3. The lowest BCUT2D eigenvalue weighted by Gasteiger charge is -2.22. The Hall–Kier alpha value is -1.53. The summed E-state index contributed by atoms with van der Waals surface area (Å²) in [7, 11) is 2.00. The predicted molar refractivity (Wildman–Crippen MR) is 76.7 cm³/mol. The molecule has 1 aromatic carbocycles. The summed E-state index contributed by atoms with van der Waals surface area (Å²) in [5.41, 5.74) is 2.98. The Labute approximate surface area is 110 Å². The number of rotatable bonds is 4. The Balaban J connectivity index is 2.90. The number of hydrogen-bond acceptors (Lipinski definition) is 3. The molecular weight excluding hydrogens is 222 g/mol. The van der Waals surface area contributed by atoms with Gasteiger partial charge in [-0.2, -0.15) is 5.26 Å². The van der Waals surface area contributed by atoms with Crippen LogP contribution in [-0.4, -0.2) is 19.1 Å². The van der Waals surface area contributed by atoms with Crippen molar-refractivity contribution in [3.63, 3.8) is 0 Å². The van der Waals surface area contributed by atoms with Gasteiger partial charge < -0.3 is 10.2 Å². The van der Waals surface area contributed by atoms with Gasteiger partial charge in [-0.15, -0.1) is 0 Å². The molecule has 3 heteroatoms. The van der Waals surface area contributed by atoms with Crippen LogP contribution >= 0.6 is 0 Å². The van der Waals surface area contributed by atoms with Crippen molar-refractivity contribution in [3.05, 3.63) is 29.3 Å². The minimum Gasteiger partial charge on any atom is -0.374 e. The summed E-state index contributed by atoms with van der Waals surface area (Å²) >= 11 is 0. The van der Waals surface area contributed by atoms with Crippen molar-refractivity contribution in [2.24, 2.45) is 0 Å². The number of nitrogens with zero attached hydrogens (tertiary/aromatic N) is 2. The summed E-state index contributed by atoms with van der Waals surface area (Å²) in [6.45, 7) is 10.2. The van der Waals surface area contributed by atoms with E-state index < -0.39 is 0 Å². The zero-order valence-corrected chi connectivity index (χ0v) is 12.0. The zero-order chi connectivity index (χ0) is 13.8. The van der Waals surface area contributed by atoms with Crippen LogP contribution in [0, 0.1) is 11.3 Å². The number of nitrogens with one attached hydrogen (secondary N) is 1. The van der Waals surface area contributed by atoms with Gasteiger partial charge in [-0.25, -0.2) is 0 Å². The summed E-state index contributed by atoms with van der Waals surface area (Å²) in [6, 6.07) is 8.37. The highest BCUT2D eigenvalue weighted by Gasteiger charge is 2.10. The van der Waals surface area contributed by atoms with Crippen LogP contribution < -0.4 is 10.2 Å². The summed E-state index contributed by atoms with van der Waals surface area (Å²) in [6.07, 6.45) is 0. The SMILES string of the molecule is CCN(C)c1ccc(CNC(C)(C)C)cc1C#N. The smallest absolute Gasteiger partial charge is 0.101 e. The first-order valence-corrected chi connectivity index (χ1v) is 6.36. The fraction of sp³-hybridized carbons (Fsp3) is 0.533. The largest absolute Gasteiger partial charge is 0.374 e. The second-order valence-corrected chi connectivity index (χ2v) is 5.58. The second-order valence-electron chi connectivity index (χ2n) is 5.58. The first-order chi connectivity index (χ1) is 8.37. The monoisotopic (exact) mass is 245 g/mol. The van der Waals surface area contributed by atoms with Gasteiger partial charge in [-0.05, 0) is 45.4 Å². The van der Waals surface area contributed by atoms with E-state index in [2.05, 4.69) is 50.0 Å².